The van der Waals surface area contributed by atoms with Crippen molar-refractivity contribution < 1.29 is 19.1 Å². The number of aliphatic carboxylic acids is 1. The molecule has 0 aliphatic heterocycles. The van der Waals surface area contributed by atoms with E-state index in [2.05, 4.69) is 15.9 Å². The lowest BCUT2D eigenvalue weighted by molar-refractivity contribution is -0.141. The van der Waals surface area contributed by atoms with Crippen LogP contribution in [0.5, 0.6) is 0 Å². The molecule has 0 radical (unpaired) electrons. The van der Waals surface area contributed by atoms with Crippen molar-refractivity contribution in [1.29, 1.82) is 0 Å². The molecule has 1 amide bonds. The van der Waals surface area contributed by atoms with Gasteiger partial charge in [-0.3, -0.25) is 4.79 Å². The molecular weight excluding hydrogens is 290 g/mol. The topological polar surface area (TPSA) is 70.8 Å². The third-order valence-corrected chi connectivity index (χ3v) is 3.39. The molecule has 92 valence electrons. The maximum absolute atomic E-state index is 12.2. The van der Waals surface area contributed by atoms with Crippen LogP contribution in [0.1, 0.15) is 30.3 Å². The predicted molar refractivity (Wildman–Crippen MR) is 62.7 cm³/mol. The van der Waals surface area contributed by atoms with E-state index in [-0.39, 0.29) is 17.7 Å². The lowest BCUT2D eigenvalue weighted by Crippen LogP contribution is -2.44. The Balaban J connectivity index is 2.25. The number of carbonyl (C=O) groups excluding carboxylic acids is 1. The molecule has 0 spiro atoms. The summed E-state index contributed by atoms with van der Waals surface area (Å²) in [5, 5.41) is 9.01. The van der Waals surface area contributed by atoms with Crippen LogP contribution in [0.15, 0.2) is 21.2 Å². The second-order valence-electron chi connectivity index (χ2n) is 4.06. The zero-order valence-electron chi connectivity index (χ0n) is 9.22. The van der Waals surface area contributed by atoms with E-state index in [1.807, 2.05) is 0 Å². The van der Waals surface area contributed by atoms with E-state index in [9.17, 15) is 9.59 Å². The zero-order valence-corrected chi connectivity index (χ0v) is 10.8. The highest BCUT2D eigenvalue weighted by Crippen LogP contribution is 2.31. The highest BCUT2D eigenvalue weighted by molar-refractivity contribution is 9.10. The quantitative estimate of drug-likeness (QED) is 0.925. The molecule has 1 aromatic rings. The van der Waals surface area contributed by atoms with Crippen LogP contribution in [0.4, 0.5) is 0 Å². The van der Waals surface area contributed by atoms with Gasteiger partial charge in [-0.05, 0) is 41.8 Å². The third-order valence-electron chi connectivity index (χ3n) is 2.76. The van der Waals surface area contributed by atoms with Gasteiger partial charge in [0.15, 0.2) is 0 Å². The summed E-state index contributed by atoms with van der Waals surface area (Å²) in [6, 6.07) is 0.793. The van der Waals surface area contributed by atoms with Crippen molar-refractivity contribution in [2.75, 3.05) is 0 Å². The molecule has 2 rings (SSSR count). The van der Waals surface area contributed by atoms with Crippen LogP contribution in [0, 0.1) is 0 Å². The Morgan fingerprint density at radius 2 is 2.24 bits per heavy atom. The van der Waals surface area contributed by atoms with Gasteiger partial charge in [0.1, 0.15) is 6.04 Å². The second-order valence-corrected chi connectivity index (χ2v) is 4.91. The van der Waals surface area contributed by atoms with E-state index in [4.69, 9.17) is 9.52 Å². The van der Waals surface area contributed by atoms with Crippen molar-refractivity contribution in [1.82, 2.24) is 4.90 Å². The minimum absolute atomic E-state index is 0.0191. The van der Waals surface area contributed by atoms with Crippen LogP contribution < -0.4 is 0 Å². The monoisotopic (exact) mass is 301 g/mol. The highest BCUT2D eigenvalue weighted by Gasteiger charge is 2.40. The van der Waals surface area contributed by atoms with Crippen molar-refractivity contribution in [2.45, 2.75) is 31.8 Å². The molecule has 1 aliphatic rings. The minimum atomic E-state index is -1.01. The SMILES string of the molecule is CC(C(=O)O)N(C(=O)c1occc1Br)C1CC1. The summed E-state index contributed by atoms with van der Waals surface area (Å²) in [5.74, 6) is -1.22. The van der Waals surface area contributed by atoms with Crippen LogP contribution in [-0.4, -0.2) is 34.0 Å². The van der Waals surface area contributed by atoms with Gasteiger partial charge in [0, 0.05) is 6.04 Å². The second kappa shape index (κ2) is 4.52. The molecule has 0 saturated heterocycles. The lowest BCUT2D eigenvalue weighted by atomic mass is 10.2. The van der Waals surface area contributed by atoms with Gasteiger partial charge in [-0.1, -0.05) is 0 Å². The Kier molecular flexibility index (Phi) is 3.24. The number of carboxylic acid groups (broad SMARTS) is 1. The van der Waals surface area contributed by atoms with Crippen LogP contribution in [0.2, 0.25) is 0 Å². The Hall–Kier alpha value is -1.30. The fourth-order valence-corrected chi connectivity index (χ4v) is 2.06. The standard InChI is InChI=1S/C11H12BrNO4/c1-6(11(15)16)13(7-2-3-7)10(14)9-8(12)4-5-17-9/h4-7H,2-3H2,1H3,(H,15,16). The average molecular weight is 302 g/mol. The normalized spacial score (nSPS) is 16.6. The summed E-state index contributed by atoms with van der Waals surface area (Å²) >= 11 is 3.20. The molecule has 5 nitrogen and oxygen atoms in total. The molecule has 0 aromatic carbocycles. The molecule has 1 heterocycles. The maximum atomic E-state index is 12.2. The molecular formula is C11H12BrNO4. The van der Waals surface area contributed by atoms with Crippen molar-refractivity contribution in [2.24, 2.45) is 0 Å². The molecule has 17 heavy (non-hydrogen) atoms. The summed E-state index contributed by atoms with van der Waals surface area (Å²) < 4.78 is 5.63. The van der Waals surface area contributed by atoms with E-state index in [1.54, 1.807) is 6.07 Å². The Morgan fingerprint density at radius 3 is 2.65 bits per heavy atom. The smallest absolute Gasteiger partial charge is 0.326 e. The zero-order chi connectivity index (χ0) is 12.6. The van der Waals surface area contributed by atoms with Crippen molar-refractivity contribution in [3.8, 4) is 0 Å². The van der Waals surface area contributed by atoms with Gasteiger partial charge in [-0.15, -0.1) is 0 Å². The number of furan rings is 1. The number of rotatable bonds is 4. The van der Waals surface area contributed by atoms with Crippen molar-refractivity contribution in [3.05, 3.63) is 22.6 Å². The molecule has 1 saturated carbocycles. The number of halogens is 1. The number of amides is 1. The number of nitrogens with zero attached hydrogens (tertiary/aromatic N) is 1. The Bertz CT molecular complexity index is 452. The number of hydrogen-bond donors (Lipinski definition) is 1. The van der Waals surface area contributed by atoms with Gasteiger partial charge in [-0.2, -0.15) is 0 Å². The first-order chi connectivity index (χ1) is 8.02. The molecule has 1 atom stereocenters. The van der Waals surface area contributed by atoms with Gasteiger partial charge in [-0.25, -0.2) is 4.79 Å². The van der Waals surface area contributed by atoms with Crippen LogP contribution in [0.25, 0.3) is 0 Å². The first-order valence-electron chi connectivity index (χ1n) is 5.31. The van der Waals surface area contributed by atoms with E-state index < -0.39 is 12.0 Å². The van der Waals surface area contributed by atoms with Gasteiger partial charge in [0.2, 0.25) is 5.76 Å². The molecule has 6 heteroatoms. The molecule has 0 bridgehead atoms. The lowest BCUT2D eigenvalue weighted by Gasteiger charge is -2.25. The van der Waals surface area contributed by atoms with E-state index in [0.29, 0.717) is 4.47 Å². The number of carboxylic acids is 1. The minimum Gasteiger partial charge on any atom is -0.480 e. The fourth-order valence-electron chi connectivity index (χ4n) is 1.69. The highest BCUT2D eigenvalue weighted by atomic mass is 79.9. The van der Waals surface area contributed by atoms with Crippen LogP contribution in [0.3, 0.4) is 0 Å². The Labute approximate surface area is 107 Å². The molecule has 1 fully saturated rings. The van der Waals surface area contributed by atoms with Gasteiger partial charge in [0.25, 0.3) is 5.91 Å². The summed E-state index contributed by atoms with van der Waals surface area (Å²) in [7, 11) is 0. The summed E-state index contributed by atoms with van der Waals surface area (Å²) in [6.07, 6.45) is 3.09. The van der Waals surface area contributed by atoms with Gasteiger partial charge in [0.05, 0.1) is 10.7 Å². The van der Waals surface area contributed by atoms with Crippen LogP contribution >= 0.6 is 15.9 Å². The predicted octanol–water partition coefficient (Wildman–Crippen LogP) is 2.12. The molecule has 1 aromatic heterocycles. The Morgan fingerprint density at radius 1 is 1.59 bits per heavy atom. The molecule has 1 unspecified atom stereocenters. The average Bonchev–Trinajstić information content (AvgIpc) is 3.00. The van der Waals surface area contributed by atoms with Gasteiger partial charge >= 0.3 is 5.97 Å². The fraction of sp³-hybridized carbons (Fsp3) is 0.455. The van der Waals surface area contributed by atoms with Crippen molar-refractivity contribution >= 4 is 27.8 Å². The molecule has 1 aliphatic carbocycles. The van der Waals surface area contributed by atoms with E-state index in [0.717, 1.165) is 12.8 Å². The number of hydrogen-bond acceptors (Lipinski definition) is 3. The first kappa shape index (κ1) is 12.2. The first-order valence-corrected chi connectivity index (χ1v) is 6.10. The molecule has 1 N–H and O–H groups in total. The van der Waals surface area contributed by atoms with E-state index in [1.165, 1.54) is 18.1 Å². The van der Waals surface area contributed by atoms with Crippen molar-refractivity contribution in [3.63, 3.8) is 0 Å². The summed E-state index contributed by atoms with van der Waals surface area (Å²) in [6.45, 7) is 1.51. The summed E-state index contributed by atoms with van der Waals surface area (Å²) in [5.41, 5.74) is 0. The largest absolute Gasteiger partial charge is 0.480 e. The maximum Gasteiger partial charge on any atom is 0.326 e. The summed E-state index contributed by atoms with van der Waals surface area (Å²) in [4.78, 5) is 24.6. The number of carbonyl (C=O) groups is 2. The van der Waals surface area contributed by atoms with Crippen LogP contribution in [-0.2, 0) is 4.79 Å². The third kappa shape index (κ3) is 2.36. The van der Waals surface area contributed by atoms with Gasteiger partial charge < -0.3 is 14.4 Å². The van der Waals surface area contributed by atoms with E-state index >= 15 is 0 Å².